The molecule has 0 bridgehead atoms. The number of benzene rings is 2. The zero-order chi connectivity index (χ0) is 24.6. The number of carbonyl (C=O) groups excluding carboxylic acids is 1. The molecule has 7 heteroatoms. The first-order valence-corrected chi connectivity index (χ1v) is 13.0. The maximum absolute atomic E-state index is 12.7. The Balaban J connectivity index is 0.00000353. The van der Waals surface area contributed by atoms with Gasteiger partial charge in [-0.05, 0) is 29.7 Å². The lowest BCUT2D eigenvalue weighted by Gasteiger charge is -2.25. The molecule has 186 valence electrons. The number of hydrogen-bond donors (Lipinski definition) is 1. The van der Waals surface area contributed by atoms with Crippen LogP contribution >= 0.6 is 0 Å². The number of ether oxygens (including phenoxy) is 2. The van der Waals surface area contributed by atoms with Gasteiger partial charge in [-0.25, -0.2) is 8.93 Å². The van der Waals surface area contributed by atoms with Gasteiger partial charge in [-0.3, -0.25) is 4.79 Å². The van der Waals surface area contributed by atoms with Crippen LogP contribution in [-0.2, 0) is 28.9 Å². The van der Waals surface area contributed by atoms with E-state index in [4.69, 9.17) is 9.47 Å². The molecule has 0 aliphatic heterocycles. The van der Waals surface area contributed by atoms with E-state index in [-0.39, 0.29) is 13.3 Å². The Labute approximate surface area is 203 Å². The first-order chi connectivity index (χ1) is 15.9. The summed E-state index contributed by atoms with van der Waals surface area (Å²) in [5.41, 5.74) is 2.03. The zero-order valence-corrected chi connectivity index (χ0v) is 21.7. The van der Waals surface area contributed by atoms with Crippen molar-refractivity contribution in [3.8, 4) is 11.5 Å². The van der Waals surface area contributed by atoms with Crippen LogP contribution in [0.15, 0.2) is 48.5 Å². The van der Waals surface area contributed by atoms with Gasteiger partial charge in [-0.15, -0.1) is 0 Å². The molecule has 0 aliphatic carbocycles. The van der Waals surface area contributed by atoms with Crippen LogP contribution in [0.3, 0.4) is 0 Å². The molecule has 33 heavy (non-hydrogen) atoms. The van der Waals surface area contributed by atoms with E-state index >= 15 is 0 Å². The highest BCUT2D eigenvalue weighted by atomic mass is 32.2. The Morgan fingerprint density at radius 2 is 1.79 bits per heavy atom. The van der Waals surface area contributed by atoms with Gasteiger partial charge in [-0.2, -0.15) is 0 Å². The summed E-state index contributed by atoms with van der Waals surface area (Å²) < 4.78 is 26.3. The van der Waals surface area contributed by atoms with E-state index in [2.05, 4.69) is 4.72 Å². The average Bonchev–Trinajstić information content (AvgIpc) is 2.84. The van der Waals surface area contributed by atoms with Crippen LogP contribution in [0.4, 0.5) is 0 Å². The molecular formula is C26H42N2O4S. The number of carbonyl (C=O) groups is 1. The fraction of sp³-hybridized carbons (Fsp3) is 0.500. The van der Waals surface area contributed by atoms with Crippen molar-refractivity contribution in [1.82, 2.24) is 9.62 Å². The van der Waals surface area contributed by atoms with Crippen LogP contribution in [0.25, 0.3) is 0 Å². The van der Waals surface area contributed by atoms with E-state index in [0.717, 1.165) is 17.5 Å². The highest BCUT2D eigenvalue weighted by molar-refractivity contribution is 7.83. The molecule has 2 aromatic rings. The Morgan fingerprint density at radius 3 is 2.39 bits per heavy atom. The minimum atomic E-state index is -1.06. The Morgan fingerprint density at radius 1 is 1.09 bits per heavy atom. The van der Waals surface area contributed by atoms with Crippen molar-refractivity contribution in [2.45, 2.75) is 54.2 Å². The number of nitrogens with zero attached hydrogens (tertiary/aromatic N) is 1. The predicted octanol–water partition coefficient (Wildman–Crippen LogP) is 5.19. The topological polar surface area (TPSA) is 67.9 Å². The number of amides is 1. The SMILES string of the molecule is CC.CCCS(=O)NCCN(Cc1ccc(OCc2ccccc2)c(OC)c1)C(=O)C(C)C.[HH]. The van der Waals surface area contributed by atoms with Gasteiger partial charge in [0.1, 0.15) is 6.61 Å². The molecule has 0 saturated carbocycles. The lowest BCUT2D eigenvalue weighted by molar-refractivity contribution is -0.135. The molecule has 2 aromatic carbocycles. The normalized spacial score (nSPS) is 11.4. The number of nitrogens with one attached hydrogen (secondary N) is 1. The molecule has 0 aliphatic rings. The van der Waals surface area contributed by atoms with Gasteiger partial charge in [-0.1, -0.05) is 71.0 Å². The van der Waals surface area contributed by atoms with Gasteiger partial charge < -0.3 is 14.4 Å². The van der Waals surface area contributed by atoms with Crippen LogP contribution in [0.5, 0.6) is 11.5 Å². The van der Waals surface area contributed by atoms with Crippen LogP contribution in [0.1, 0.15) is 53.6 Å². The summed E-state index contributed by atoms with van der Waals surface area (Å²) in [5.74, 6) is 1.85. The minimum Gasteiger partial charge on any atom is -0.493 e. The second kappa shape index (κ2) is 16.3. The van der Waals surface area contributed by atoms with Crippen molar-refractivity contribution in [2.75, 3.05) is 26.0 Å². The Bertz CT molecular complexity index is 850. The highest BCUT2D eigenvalue weighted by Gasteiger charge is 2.18. The molecule has 0 fully saturated rings. The van der Waals surface area contributed by atoms with Gasteiger partial charge >= 0.3 is 0 Å². The maximum atomic E-state index is 12.7. The van der Waals surface area contributed by atoms with Gasteiger partial charge in [0, 0.05) is 32.7 Å². The number of rotatable bonds is 13. The predicted molar refractivity (Wildman–Crippen MR) is 139 cm³/mol. The van der Waals surface area contributed by atoms with Crippen LogP contribution < -0.4 is 14.2 Å². The molecule has 0 radical (unpaired) electrons. The average molecular weight is 479 g/mol. The zero-order valence-electron chi connectivity index (χ0n) is 20.9. The summed E-state index contributed by atoms with van der Waals surface area (Å²) in [6.07, 6.45) is 0.854. The third-order valence-corrected chi connectivity index (χ3v) is 5.98. The van der Waals surface area contributed by atoms with Gasteiger partial charge in [0.2, 0.25) is 5.91 Å². The number of hydrogen-bond acceptors (Lipinski definition) is 4. The molecule has 1 amide bonds. The molecule has 2 rings (SSSR count). The minimum absolute atomic E-state index is 0. The Hall–Kier alpha value is -2.38. The van der Waals surface area contributed by atoms with E-state index < -0.39 is 11.0 Å². The van der Waals surface area contributed by atoms with Crippen LogP contribution in [0, 0.1) is 5.92 Å². The fourth-order valence-corrected chi connectivity index (χ4v) is 3.90. The van der Waals surface area contributed by atoms with Crippen molar-refractivity contribution >= 4 is 16.9 Å². The first-order valence-electron chi connectivity index (χ1n) is 11.7. The Kier molecular flexibility index (Phi) is 14.1. The molecule has 1 atom stereocenters. The van der Waals surface area contributed by atoms with Crippen molar-refractivity contribution in [3.63, 3.8) is 0 Å². The lowest BCUT2D eigenvalue weighted by Crippen LogP contribution is -2.39. The summed E-state index contributed by atoms with van der Waals surface area (Å²) in [4.78, 5) is 14.5. The molecule has 1 unspecified atom stereocenters. The largest absolute Gasteiger partial charge is 0.493 e. The van der Waals surface area contributed by atoms with Gasteiger partial charge in [0.15, 0.2) is 11.5 Å². The molecule has 0 saturated heterocycles. The quantitative estimate of drug-likeness (QED) is 0.430. The second-order valence-corrected chi connectivity index (χ2v) is 9.01. The molecule has 0 heterocycles. The third kappa shape index (κ3) is 10.4. The van der Waals surface area contributed by atoms with E-state index in [1.165, 1.54) is 0 Å². The smallest absolute Gasteiger partial charge is 0.225 e. The summed E-state index contributed by atoms with van der Waals surface area (Å²) >= 11 is 0. The summed E-state index contributed by atoms with van der Waals surface area (Å²) in [6.45, 7) is 11.7. The lowest BCUT2D eigenvalue weighted by atomic mass is 10.1. The van der Waals surface area contributed by atoms with Gasteiger partial charge in [0.05, 0.1) is 18.1 Å². The van der Waals surface area contributed by atoms with Crippen molar-refractivity contribution in [2.24, 2.45) is 5.92 Å². The first kappa shape index (κ1) is 28.7. The van der Waals surface area contributed by atoms with Gasteiger partial charge in [0.25, 0.3) is 0 Å². The number of methoxy groups -OCH3 is 1. The fourth-order valence-electron chi connectivity index (χ4n) is 3.07. The van der Waals surface area contributed by atoms with E-state index in [9.17, 15) is 9.00 Å². The molecular weight excluding hydrogens is 436 g/mol. The molecule has 0 spiro atoms. The van der Waals surface area contributed by atoms with Crippen LogP contribution in [0.2, 0.25) is 0 Å². The van der Waals surface area contributed by atoms with E-state index in [1.54, 1.807) is 12.0 Å². The second-order valence-electron chi connectivity index (χ2n) is 7.62. The summed E-state index contributed by atoms with van der Waals surface area (Å²) in [7, 11) is 0.552. The molecule has 6 nitrogen and oxygen atoms in total. The third-order valence-electron chi connectivity index (χ3n) is 4.68. The molecule has 1 N–H and O–H groups in total. The summed E-state index contributed by atoms with van der Waals surface area (Å²) in [5, 5.41) is 0. The van der Waals surface area contributed by atoms with E-state index in [1.807, 2.05) is 83.1 Å². The van der Waals surface area contributed by atoms with Crippen molar-refractivity contribution < 1.29 is 19.9 Å². The highest BCUT2D eigenvalue weighted by Crippen LogP contribution is 2.29. The maximum Gasteiger partial charge on any atom is 0.225 e. The molecule has 0 aromatic heterocycles. The standard InChI is InChI=1S/C24H34N2O4S.C2H6.H2/c1-5-15-31(28)25-13-14-26(24(27)19(2)3)17-21-11-12-22(23(16-21)29-4)30-18-20-9-7-6-8-10-20;1-2;/h6-12,16,19,25H,5,13-15,17-18H2,1-4H3;1-2H3;1H. The van der Waals surface area contributed by atoms with E-state index in [0.29, 0.717) is 43.5 Å². The van der Waals surface area contributed by atoms with Crippen LogP contribution in [-0.4, -0.2) is 41.0 Å². The summed E-state index contributed by atoms with van der Waals surface area (Å²) in [6, 6.07) is 15.7. The van der Waals surface area contributed by atoms with Crippen molar-refractivity contribution in [3.05, 3.63) is 59.7 Å². The van der Waals surface area contributed by atoms with Crippen molar-refractivity contribution in [1.29, 1.82) is 0 Å². The monoisotopic (exact) mass is 478 g/mol.